The molecule has 1 aliphatic rings. The Bertz CT molecular complexity index is 371. The molecule has 1 unspecified atom stereocenters. The molecular formula is C11H18N4O. The standard InChI is InChI=1S/C11H18N4O/c1-11(6-12)3-4-15(7-11)9-5-10(16-2)14-8-13-9/h5,8H,3-4,6-7,12H2,1-2H3. The predicted molar refractivity (Wildman–Crippen MR) is 62.6 cm³/mol. The fraction of sp³-hybridized carbons (Fsp3) is 0.636. The van der Waals surface area contributed by atoms with Crippen LogP contribution in [0.4, 0.5) is 5.82 Å². The summed E-state index contributed by atoms with van der Waals surface area (Å²) in [6.07, 6.45) is 2.64. The largest absolute Gasteiger partial charge is 0.481 e. The van der Waals surface area contributed by atoms with E-state index in [9.17, 15) is 0 Å². The molecule has 1 aromatic rings. The Morgan fingerprint density at radius 1 is 1.56 bits per heavy atom. The minimum atomic E-state index is 0.207. The molecule has 2 N–H and O–H groups in total. The topological polar surface area (TPSA) is 64.3 Å². The number of nitrogens with zero attached hydrogens (tertiary/aromatic N) is 3. The summed E-state index contributed by atoms with van der Waals surface area (Å²) in [5, 5.41) is 0. The molecule has 1 fully saturated rings. The zero-order valence-electron chi connectivity index (χ0n) is 9.81. The fourth-order valence-electron chi connectivity index (χ4n) is 2.00. The van der Waals surface area contributed by atoms with Crippen LogP contribution in [-0.2, 0) is 0 Å². The molecule has 5 nitrogen and oxygen atoms in total. The first-order valence-corrected chi connectivity index (χ1v) is 5.48. The maximum Gasteiger partial charge on any atom is 0.218 e. The normalized spacial score (nSPS) is 24.8. The minimum Gasteiger partial charge on any atom is -0.481 e. The first kappa shape index (κ1) is 11.1. The molecular weight excluding hydrogens is 204 g/mol. The molecule has 0 radical (unpaired) electrons. The molecule has 5 heteroatoms. The summed E-state index contributed by atoms with van der Waals surface area (Å²) in [5.74, 6) is 1.52. The first-order valence-electron chi connectivity index (χ1n) is 5.48. The van der Waals surface area contributed by atoms with Gasteiger partial charge in [0.25, 0.3) is 0 Å². The van der Waals surface area contributed by atoms with Crippen molar-refractivity contribution >= 4 is 5.82 Å². The van der Waals surface area contributed by atoms with Crippen LogP contribution in [0.3, 0.4) is 0 Å². The predicted octanol–water partition coefficient (Wildman–Crippen LogP) is 0.660. The van der Waals surface area contributed by atoms with Gasteiger partial charge in [0.2, 0.25) is 5.88 Å². The van der Waals surface area contributed by atoms with Gasteiger partial charge in [-0.2, -0.15) is 0 Å². The highest BCUT2D eigenvalue weighted by Gasteiger charge is 2.33. The van der Waals surface area contributed by atoms with Gasteiger partial charge in [-0.1, -0.05) is 6.92 Å². The first-order chi connectivity index (χ1) is 7.67. The van der Waals surface area contributed by atoms with E-state index in [0.29, 0.717) is 12.4 Å². The molecule has 1 saturated heterocycles. The highest BCUT2D eigenvalue weighted by molar-refractivity contribution is 5.42. The summed E-state index contributed by atoms with van der Waals surface area (Å²) in [7, 11) is 1.61. The van der Waals surface area contributed by atoms with Crippen LogP contribution in [0.1, 0.15) is 13.3 Å². The van der Waals surface area contributed by atoms with Crippen molar-refractivity contribution in [2.45, 2.75) is 13.3 Å². The number of hydrogen-bond acceptors (Lipinski definition) is 5. The highest BCUT2D eigenvalue weighted by Crippen LogP contribution is 2.31. The second-order valence-electron chi connectivity index (χ2n) is 4.60. The Morgan fingerprint density at radius 3 is 3.00 bits per heavy atom. The third-order valence-corrected chi connectivity index (χ3v) is 3.21. The molecule has 88 valence electrons. The van der Waals surface area contributed by atoms with Crippen molar-refractivity contribution in [1.82, 2.24) is 9.97 Å². The summed E-state index contributed by atoms with van der Waals surface area (Å²) < 4.78 is 5.09. The van der Waals surface area contributed by atoms with Gasteiger partial charge in [0.05, 0.1) is 7.11 Å². The molecule has 0 bridgehead atoms. The van der Waals surface area contributed by atoms with E-state index < -0.39 is 0 Å². The third kappa shape index (κ3) is 2.09. The van der Waals surface area contributed by atoms with Crippen LogP contribution in [0.5, 0.6) is 5.88 Å². The van der Waals surface area contributed by atoms with E-state index in [4.69, 9.17) is 10.5 Å². The second-order valence-corrected chi connectivity index (χ2v) is 4.60. The second kappa shape index (κ2) is 4.25. The van der Waals surface area contributed by atoms with E-state index in [-0.39, 0.29) is 5.41 Å². The summed E-state index contributed by atoms with van der Waals surface area (Å²) in [6.45, 7) is 4.87. The van der Waals surface area contributed by atoms with Gasteiger partial charge in [-0.25, -0.2) is 9.97 Å². The Morgan fingerprint density at radius 2 is 2.38 bits per heavy atom. The summed E-state index contributed by atoms with van der Waals surface area (Å²) in [5.41, 5.74) is 5.99. The van der Waals surface area contributed by atoms with Gasteiger partial charge in [0.1, 0.15) is 12.1 Å². The van der Waals surface area contributed by atoms with Crippen molar-refractivity contribution < 1.29 is 4.74 Å². The van der Waals surface area contributed by atoms with Crippen LogP contribution in [0.25, 0.3) is 0 Å². The molecule has 0 amide bonds. The van der Waals surface area contributed by atoms with Crippen molar-refractivity contribution in [2.24, 2.45) is 11.1 Å². The Hall–Kier alpha value is -1.36. The maximum atomic E-state index is 5.78. The van der Waals surface area contributed by atoms with Crippen molar-refractivity contribution in [3.05, 3.63) is 12.4 Å². The van der Waals surface area contributed by atoms with Crippen LogP contribution in [-0.4, -0.2) is 36.7 Å². The molecule has 1 aromatic heterocycles. The lowest BCUT2D eigenvalue weighted by molar-refractivity contribution is 0.382. The van der Waals surface area contributed by atoms with Crippen molar-refractivity contribution in [3.8, 4) is 5.88 Å². The molecule has 1 atom stereocenters. The molecule has 0 spiro atoms. The van der Waals surface area contributed by atoms with E-state index in [0.717, 1.165) is 25.3 Å². The zero-order valence-corrected chi connectivity index (χ0v) is 9.81. The quantitative estimate of drug-likeness (QED) is 0.814. The molecule has 0 saturated carbocycles. The number of rotatable bonds is 3. The Kier molecular flexibility index (Phi) is 2.96. The van der Waals surface area contributed by atoms with Crippen molar-refractivity contribution in [1.29, 1.82) is 0 Å². The van der Waals surface area contributed by atoms with Gasteiger partial charge in [-0.3, -0.25) is 0 Å². The van der Waals surface area contributed by atoms with Crippen LogP contribution in [0.15, 0.2) is 12.4 Å². The van der Waals surface area contributed by atoms with E-state index in [1.54, 1.807) is 7.11 Å². The average molecular weight is 222 g/mol. The minimum absolute atomic E-state index is 0.207. The number of methoxy groups -OCH3 is 1. The summed E-state index contributed by atoms with van der Waals surface area (Å²) in [6, 6.07) is 1.86. The van der Waals surface area contributed by atoms with Crippen LogP contribution in [0, 0.1) is 5.41 Å². The summed E-state index contributed by atoms with van der Waals surface area (Å²) >= 11 is 0. The van der Waals surface area contributed by atoms with Gasteiger partial charge in [0, 0.05) is 19.2 Å². The smallest absolute Gasteiger partial charge is 0.218 e. The third-order valence-electron chi connectivity index (χ3n) is 3.21. The zero-order chi connectivity index (χ0) is 11.6. The molecule has 0 aliphatic carbocycles. The van der Waals surface area contributed by atoms with E-state index in [2.05, 4.69) is 21.8 Å². The number of hydrogen-bond donors (Lipinski definition) is 1. The van der Waals surface area contributed by atoms with E-state index in [1.165, 1.54) is 6.33 Å². The van der Waals surface area contributed by atoms with Crippen LogP contribution < -0.4 is 15.4 Å². The lowest BCUT2D eigenvalue weighted by Crippen LogP contribution is -2.31. The highest BCUT2D eigenvalue weighted by atomic mass is 16.5. The fourth-order valence-corrected chi connectivity index (χ4v) is 2.00. The van der Waals surface area contributed by atoms with Crippen molar-refractivity contribution in [3.63, 3.8) is 0 Å². The Labute approximate surface area is 95.6 Å². The molecule has 2 heterocycles. The van der Waals surface area contributed by atoms with Gasteiger partial charge < -0.3 is 15.4 Å². The number of nitrogens with two attached hydrogens (primary N) is 1. The van der Waals surface area contributed by atoms with Crippen LogP contribution in [0.2, 0.25) is 0 Å². The molecule has 2 rings (SSSR count). The average Bonchev–Trinajstić information content (AvgIpc) is 2.73. The van der Waals surface area contributed by atoms with E-state index in [1.807, 2.05) is 6.07 Å². The monoisotopic (exact) mass is 222 g/mol. The molecule has 1 aliphatic heterocycles. The number of anilines is 1. The van der Waals surface area contributed by atoms with E-state index >= 15 is 0 Å². The van der Waals surface area contributed by atoms with Crippen LogP contribution >= 0.6 is 0 Å². The maximum absolute atomic E-state index is 5.78. The van der Waals surface area contributed by atoms with Gasteiger partial charge in [-0.15, -0.1) is 0 Å². The Balaban J connectivity index is 2.14. The lowest BCUT2D eigenvalue weighted by atomic mass is 9.90. The molecule has 16 heavy (non-hydrogen) atoms. The number of aromatic nitrogens is 2. The van der Waals surface area contributed by atoms with Crippen molar-refractivity contribution in [2.75, 3.05) is 31.6 Å². The SMILES string of the molecule is COc1cc(N2CCC(C)(CN)C2)ncn1. The van der Waals surface area contributed by atoms with Gasteiger partial charge >= 0.3 is 0 Å². The lowest BCUT2D eigenvalue weighted by Gasteiger charge is -2.23. The van der Waals surface area contributed by atoms with Gasteiger partial charge in [-0.05, 0) is 18.4 Å². The van der Waals surface area contributed by atoms with Gasteiger partial charge in [0.15, 0.2) is 0 Å². The summed E-state index contributed by atoms with van der Waals surface area (Å²) in [4.78, 5) is 10.5. The molecule has 0 aromatic carbocycles. The number of ether oxygens (including phenoxy) is 1.